The number of carboxylic acid groups (broad SMARTS) is 1. The van der Waals surface area contributed by atoms with Crippen LogP contribution >= 0.6 is 0 Å². The summed E-state index contributed by atoms with van der Waals surface area (Å²) in [6.45, 7) is 1.73. The molecule has 0 radical (unpaired) electrons. The third kappa shape index (κ3) is 3.47. The Bertz CT molecular complexity index is 415. The van der Waals surface area contributed by atoms with E-state index in [1.807, 2.05) is 7.05 Å². The van der Waals surface area contributed by atoms with Gasteiger partial charge >= 0.3 is 12.0 Å². The van der Waals surface area contributed by atoms with Gasteiger partial charge in [-0.3, -0.25) is 4.79 Å². The van der Waals surface area contributed by atoms with Gasteiger partial charge in [-0.2, -0.15) is 0 Å². The van der Waals surface area contributed by atoms with E-state index in [0.717, 1.165) is 5.82 Å². The summed E-state index contributed by atoms with van der Waals surface area (Å²) < 4.78 is 1.80. The van der Waals surface area contributed by atoms with Gasteiger partial charge < -0.3 is 19.9 Å². The number of urea groups is 1. The van der Waals surface area contributed by atoms with Crippen molar-refractivity contribution in [3.63, 3.8) is 0 Å². The predicted octanol–water partition coefficient (Wildman–Crippen LogP) is 0.0346. The number of aliphatic carboxylic acids is 1. The molecule has 0 aromatic carbocycles. The Balaban J connectivity index is 2.53. The molecule has 1 atom stereocenters. The minimum absolute atomic E-state index is 0.321. The number of hydrogen-bond donors (Lipinski definition) is 2. The highest BCUT2D eigenvalue weighted by molar-refractivity contribution is 5.82. The van der Waals surface area contributed by atoms with Gasteiger partial charge in [0.25, 0.3) is 0 Å². The van der Waals surface area contributed by atoms with Gasteiger partial charge in [-0.25, -0.2) is 9.78 Å². The Morgan fingerprint density at radius 2 is 2.29 bits per heavy atom. The molecule has 94 valence electrons. The van der Waals surface area contributed by atoms with Crippen LogP contribution in [0.3, 0.4) is 0 Å². The lowest BCUT2D eigenvalue weighted by molar-refractivity contribution is -0.138. The number of rotatable bonds is 4. The molecule has 0 unspecified atom stereocenters. The third-order valence-corrected chi connectivity index (χ3v) is 2.36. The normalized spacial score (nSPS) is 11.9. The molecule has 0 spiro atoms. The zero-order valence-corrected chi connectivity index (χ0v) is 10.0. The second-order valence-electron chi connectivity index (χ2n) is 3.82. The second kappa shape index (κ2) is 5.33. The number of hydrogen-bond acceptors (Lipinski definition) is 3. The van der Waals surface area contributed by atoms with Gasteiger partial charge in [-0.15, -0.1) is 0 Å². The first-order valence-corrected chi connectivity index (χ1v) is 5.12. The van der Waals surface area contributed by atoms with Gasteiger partial charge in [-0.1, -0.05) is 0 Å². The molecule has 0 saturated carbocycles. The van der Waals surface area contributed by atoms with Crippen LogP contribution in [0.15, 0.2) is 12.4 Å². The maximum atomic E-state index is 11.6. The van der Waals surface area contributed by atoms with Gasteiger partial charge in [0.05, 0.1) is 6.54 Å². The van der Waals surface area contributed by atoms with E-state index in [2.05, 4.69) is 10.3 Å². The maximum Gasteiger partial charge on any atom is 0.325 e. The minimum atomic E-state index is -1.07. The van der Waals surface area contributed by atoms with Crippen LogP contribution in [0.25, 0.3) is 0 Å². The Labute approximate surface area is 99.1 Å². The largest absolute Gasteiger partial charge is 0.480 e. The van der Waals surface area contributed by atoms with Crippen LogP contribution in [-0.4, -0.2) is 44.6 Å². The Morgan fingerprint density at radius 3 is 2.76 bits per heavy atom. The van der Waals surface area contributed by atoms with E-state index in [4.69, 9.17) is 5.11 Å². The number of imidazole rings is 1. The lowest BCUT2D eigenvalue weighted by Crippen LogP contribution is -2.45. The van der Waals surface area contributed by atoms with Crippen LogP contribution in [-0.2, 0) is 18.4 Å². The second-order valence-corrected chi connectivity index (χ2v) is 3.82. The minimum Gasteiger partial charge on any atom is -0.480 e. The molecule has 17 heavy (non-hydrogen) atoms. The summed E-state index contributed by atoms with van der Waals surface area (Å²) in [5.41, 5.74) is 0. The van der Waals surface area contributed by atoms with Crippen molar-refractivity contribution in [2.45, 2.75) is 19.5 Å². The highest BCUT2D eigenvalue weighted by Gasteiger charge is 2.17. The molecule has 0 bridgehead atoms. The SMILES string of the molecule is C[C@H](NC(=O)N(C)Cc1nccn1C)C(=O)O. The molecule has 7 heteroatoms. The van der Waals surface area contributed by atoms with Crippen LogP contribution in [0.4, 0.5) is 4.79 Å². The summed E-state index contributed by atoms with van der Waals surface area (Å²) in [7, 11) is 3.41. The fourth-order valence-electron chi connectivity index (χ4n) is 1.19. The molecule has 0 aliphatic carbocycles. The number of aromatic nitrogens is 2. The number of nitrogens with zero attached hydrogens (tertiary/aromatic N) is 3. The predicted molar refractivity (Wildman–Crippen MR) is 60.3 cm³/mol. The maximum absolute atomic E-state index is 11.6. The Morgan fingerprint density at radius 1 is 1.65 bits per heavy atom. The van der Waals surface area contributed by atoms with E-state index in [-0.39, 0.29) is 0 Å². The Kier molecular flexibility index (Phi) is 4.08. The lowest BCUT2D eigenvalue weighted by Gasteiger charge is -2.19. The van der Waals surface area contributed by atoms with Crippen molar-refractivity contribution in [3.05, 3.63) is 18.2 Å². The van der Waals surface area contributed by atoms with Crippen molar-refractivity contribution >= 4 is 12.0 Å². The standard InChI is InChI=1S/C10H16N4O3/c1-7(9(15)16)12-10(17)14(3)6-8-11-4-5-13(8)2/h4-5,7H,6H2,1-3H3,(H,12,17)(H,15,16)/t7-/m0/s1. The van der Waals surface area contributed by atoms with Gasteiger partial charge in [0.2, 0.25) is 0 Å². The Hall–Kier alpha value is -2.05. The average molecular weight is 240 g/mol. The van der Waals surface area contributed by atoms with Crippen molar-refractivity contribution in [2.24, 2.45) is 7.05 Å². The van der Waals surface area contributed by atoms with Crippen LogP contribution in [0.5, 0.6) is 0 Å². The van der Waals surface area contributed by atoms with E-state index in [9.17, 15) is 9.59 Å². The molecule has 0 aliphatic rings. The highest BCUT2D eigenvalue weighted by Crippen LogP contribution is 1.99. The van der Waals surface area contributed by atoms with Gasteiger partial charge in [0.1, 0.15) is 11.9 Å². The molecule has 2 amide bonds. The molecular weight excluding hydrogens is 224 g/mol. The summed E-state index contributed by atoms with van der Waals surface area (Å²) in [6, 6.07) is -1.35. The van der Waals surface area contributed by atoms with Crippen molar-refractivity contribution in [1.29, 1.82) is 0 Å². The lowest BCUT2D eigenvalue weighted by atomic mass is 10.3. The molecule has 1 rings (SSSR count). The summed E-state index contributed by atoms with van der Waals surface area (Å²) in [5, 5.41) is 11.0. The molecule has 2 N–H and O–H groups in total. The van der Waals surface area contributed by atoms with E-state index in [1.165, 1.54) is 11.8 Å². The summed E-state index contributed by atoms with van der Waals surface area (Å²) >= 11 is 0. The number of nitrogens with one attached hydrogen (secondary N) is 1. The third-order valence-electron chi connectivity index (χ3n) is 2.36. The molecular formula is C10H16N4O3. The van der Waals surface area contributed by atoms with Crippen molar-refractivity contribution in [2.75, 3.05) is 7.05 Å². The molecule has 0 saturated heterocycles. The van der Waals surface area contributed by atoms with Crippen molar-refractivity contribution in [1.82, 2.24) is 19.8 Å². The molecule has 1 heterocycles. The van der Waals surface area contributed by atoms with Gasteiger partial charge in [0.15, 0.2) is 0 Å². The molecule has 0 aliphatic heterocycles. The summed E-state index contributed by atoms with van der Waals surface area (Å²) in [6.07, 6.45) is 3.42. The number of carbonyl (C=O) groups is 2. The molecule has 7 nitrogen and oxygen atoms in total. The van der Waals surface area contributed by atoms with Crippen LogP contribution < -0.4 is 5.32 Å². The first-order valence-electron chi connectivity index (χ1n) is 5.12. The van der Waals surface area contributed by atoms with Crippen LogP contribution in [0, 0.1) is 0 Å². The first kappa shape index (κ1) is 13.0. The van der Waals surface area contributed by atoms with Crippen molar-refractivity contribution in [3.8, 4) is 0 Å². The summed E-state index contributed by atoms with van der Waals surface area (Å²) in [5.74, 6) is -0.339. The summed E-state index contributed by atoms with van der Waals surface area (Å²) in [4.78, 5) is 27.6. The van der Waals surface area contributed by atoms with Crippen LogP contribution in [0.2, 0.25) is 0 Å². The van der Waals surface area contributed by atoms with E-state index < -0.39 is 18.0 Å². The van der Waals surface area contributed by atoms with Gasteiger partial charge in [-0.05, 0) is 6.92 Å². The smallest absolute Gasteiger partial charge is 0.325 e. The highest BCUT2D eigenvalue weighted by atomic mass is 16.4. The van der Waals surface area contributed by atoms with Crippen molar-refractivity contribution < 1.29 is 14.7 Å². The quantitative estimate of drug-likeness (QED) is 0.777. The number of aryl methyl sites for hydroxylation is 1. The zero-order valence-electron chi connectivity index (χ0n) is 10.0. The fourth-order valence-corrected chi connectivity index (χ4v) is 1.19. The van der Waals surface area contributed by atoms with E-state index in [0.29, 0.717) is 6.54 Å². The van der Waals surface area contributed by atoms with Crippen LogP contribution in [0.1, 0.15) is 12.7 Å². The number of carboxylic acids is 1. The number of amides is 2. The first-order chi connectivity index (χ1) is 7.91. The molecule has 0 fully saturated rings. The monoisotopic (exact) mass is 240 g/mol. The molecule has 1 aromatic rings. The van der Waals surface area contributed by atoms with E-state index in [1.54, 1.807) is 24.0 Å². The molecule has 1 aromatic heterocycles. The topological polar surface area (TPSA) is 87.5 Å². The number of carbonyl (C=O) groups excluding carboxylic acids is 1. The van der Waals surface area contributed by atoms with Gasteiger partial charge in [0, 0.05) is 26.5 Å². The zero-order chi connectivity index (χ0) is 13.0. The average Bonchev–Trinajstić information content (AvgIpc) is 2.64. The van der Waals surface area contributed by atoms with E-state index >= 15 is 0 Å². The fraction of sp³-hybridized carbons (Fsp3) is 0.500.